The molecule has 3 rings (SSSR count). The highest BCUT2D eigenvalue weighted by Gasteiger charge is 2.61. The molecule has 2 aliphatic rings. The number of thioether (sulfide) groups is 1. The fourth-order valence-corrected chi connectivity index (χ4v) is 4.29. The van der Waals surface area contributed by atoms with Crippen molar-refractivity contribution in [1.29, 1.82) is 0 Å². The van der Waals surface area contributed by atoms with Gasteiger partial charge in [0, 0.05) is 18.4 Å². The first-order chi connectivity index (χ1) is 9.40. The molecule has 20 heavy (non-hydrogen) atoms. The van der Waals surface area contributed by atoms with Crippen LogP contribution in [0.15, 0.2) is 5.16 Å². The van der Waals surface area contributed by atoms with E-state index in [-0.39, 0.29) is 16.7 Å². The van der Waals surface area contributed by atoms with Gasteiger partial charge in [-0.15, -0.1) is 5.10 Å². The number of nitrogens with one attached hydrogen (secondary N) is 1. The molecule has 0 radical (unpaired) electrons. The van der Waals surface area contributed by atoms with E-state index in [4.69, 9.17) is 4.98 Å². The Labute approximate surface area is 123 Å². The molecule has 1 N–H and O–H groups in total. The molecule has 2 bridgehead atoms. The first-order valence-electron chi connectivity index (χ1n) is 6.98. The van der Waals surface area contributed by atoms with E-state index in [0.717, 1.165) is 17.8 Å². The van der Waals surface area contributed by atoms with Gasteiger partial charge in [0.15, 0.2) is 0 Å². The van der Waals surface area contributed by atoms with Crippen LogP contribution in [0.3, 0.4) is 0 Å². The first-order valence-corrected chi connectivity index (χ1v) is 7.97. The van der Waals surface area contributed by atoms with Crippen LogP contribution in [-0.4, -0.2) is 33.9 Å². The zero-order valence-electron chi connectivity index (χ0n) is 12.4. The van der Waals surface area contributed by atoms with Crippen LogP contribution in [0.4, 0.5) is 0 Å². The van der Waals surface area contributed by atoms with Gasteiger partial charge < -0.3 is 5.32 Å². The molecule has 0 aromatic carbocycles. The van der Waals surface area contributed by atoms with Crippen LogP contribution < -0.4 is 5.32 Å². The number of carbonyl (C=O) groups is 1. The molecule has 1 fully saturated rings. The number of carbonyl (C=O) groups excluding carboxylic acids is 1. The maximum atomic E-state index is 11.3. The van der Waals surface area contributed by atoms with E-state index in [1.54, 1.807) is 7.05 Å². The van der Waals surface area contributed by atoms with Crippen LogP contribution in [0.25, 0.3) is 0 Å². The summed E-state index contributed by atoms with van der Waals surface area (Å²) in [5.74, 6) is 0.785. The molecule has 1 saturated carbocycles. The van der Waals surface area contributed by atoms with Gasteiger partial charge in [-0.3, -0.25) is 4.79 Å². The Morgan fingerprint density at radius 2 is 2.15 bits per heavy atom. The molecule has 1 aromatic heterocycles. The third-order valence-corrected chi connectivity index (χ3v) is 6.22. The van der Waals surface area contributed by atoms with Crippen LogP contribution in [0, 0.1) is 5.41 Å². The fraction of sp³-hybridized carbons (Fsp3) is 0.714. The van der Waals surface area contributed by atoms with Gasteiger partial charge >= 0.3 is 0 Å². The van der Waals surface area contributed by atoms with Crippen molar-refractivity contribution in [3.63, 3.8) is 0 Å². The van der Waals surface area contributed by atoms with Crippen LogP contribution in [-0.2, 0) is 10.2 Å². The Morgan fingerprint density at radius 1 is 1.40 bits per heavy atom. The molecule has 6 heteroatoms. The van der Waals surface area contributed by atoms with E-state index in [0.29, 0.717) is 16.8 Å². The predicted octanol–water partition coefficient (Wildman–Crippen LogP) is 1.88. The van der Waals surface area contributed by atoms with E-state index in [1.807, 2.05) is 0 Å². The van der Waals surface area contributed by atoms with Crippen molar-refractivity contribution in [3.8, 4) is 0 Å². The molecule has 0 saturated heterocycles. The normalized spacial score (nSPS) is 29.3. The van der Waals surface area contributed by atoms with Gasteiger partial charge in [-0.25, -0.2) is 4.98 Å². The number of hydrogen-bond acceptors (Lipinski definition) is 5. The first kappa shape index (κ1) is 13.8. The third kappa shape index (κ3) is 1.70. The Balaban J connectivity index is 1.91. The lowest BCUT2D eigenvalue weighted by molar-refractivity contribution is -0.118. The lowest BCUT2D eigenvalue weighted by Crippen LogP contribution is -2.32. The van der Waals surface area contributed by atoms with E-state index in [1.165, 1.54) is 18.2 Å². The number of rotatable bonds is 3. The van der Waals surface area contributed by atoms with E-state index in [2.05, 4.69) is 36.3 Å². The fourth-order valence-electron chi connectivity index (χ4n) is 3.63. The average Bonchev–Trinajstić information content (AvgIpc) is 2.76. The van der Waals surface area contributed by atoms with E-state index >= 15 is 0 Å². The minimum absolute atomic E-state index is 0.0211. The Morgan fingerprint density at radius 3 is 2.85 bits per heavy atom. The largest absolute Gasteiger partial charge is 0.358 e. The smallest absolute Gasteiger partial charge is 0.230 e. The van der Waals surface area contributed by atoms with Gasteiger partial charge in [-0.05, 0) is 18.3 Å². The molecule has 0 aliphatic heterocycles. The molecular formula is C14H20N4OS. The monoisotopic (exact) mass is 292 g/mol. The van der Waals surface area contributed by atoms with Crippen molar-refractivity contribution in [2.45, 2.75) is 50.1 Å². The molecule has 1 heterocycles. The minimum atomic E-state index is -0.0211. The maximum Gasteiger partial charge on any atom is 0.230 e. The van der Waals surface area contributed by atoms with Crippen LogP contribution in [0.2, 0.25) is 0 Å². The average molecular weight is 292 g/mol. The summed E-state index contributed by atoms with van der Waals surface area (Å²) in [4.78, 5) is 16.0. The molecule has 1 aromatic rings. The SMILES string of the molecule is CNC(=O)CSc1nnc2c(n1)C1(C)CCC2C1(C)C. The van der Waals surface area contributed by atoms with Crippen molar-refractivity contribution >= 4 is 17.7 Å². The number of fused-ring (bicyclic) bond motifs is 5. The second-order valence-corrected chi connectivity index (χ2v) is 7.38. The number of aromatic nitrogens is 3. The summed E-state index contributed by atoms with van der Waals surface area (Å²) in [7, 11) is 1.63. The lowest BCUT2D eigenvalue weighted by Gasteiger charge is -2.33. The molecule has 108 valence electrons. The second kappa shape index (κ2) is 4.41. The van der Waals surface area contributed by atoms with Gasteiger partial charge in [0.1, 0.15) is 0 Å². The van der Waals surface area contributed by atoms with Gasteiger partial charge in [-0.1, -0.05) is 32.5 Å². The predicted molar refractivity (Wildman–Crippen MR) is 77.7 cm³/mol. The van der Waals surface area contributed by atoms with Crippen molar-refractivity contribution in [1.82, 2.24) is 20.5 Å². The molecule has 2 unspecified atom stereocenters. The summed E-state index contributed by atoms with van der Waals surface area (Å²) >= 11 is 1.35. The highest BCUT2D eigenvalue weighted by molar-refractivity contribution is 7.99. The van der Waals surface area contributed by atoms with Crippen molar-refractivity contribution < 1.29 is 4.79 Å². The molecular weight excluding hydrogens is 272 g/mol. The third-order valence-electron chi connectivity index (χ3n) is 5.38. The van der Waals surface area contributed by atoms with E-state index in [9.17, 15) is 4.79 Å². The topological polar surface area (TPSA) is 67.8 Å². The summed E-state index contributed by atoms with van der Waals surface area (Å²) in [5, 5.41) is 11.8. The zero-order chi connectivity index (χ0) is 14.5. The summed E-state index contributed by atoms with van der Waals surface area (Å²) in [6.07, 6.45) is 2.34. The van der Waals surface area contributed by atoms with Crippen molar-refractivity contribution in [2.75, 3.05) is 12.8 Å². The second-order valence-electron chi connectivity index (χ2n) is 6.44. The Kier molecular flexibility index (Phi) is 3.04. The molecule has 2 atom stereocenters. The van der Waals surface area contributed by atoms with Crippen LogP contribution in [0.5, 0.6) is 0 Å². The Hall–Kier alpha value is -1.17. The summed E-state index contributed by atoms with van der Waals surface area (Å²) in [6, 6.07) is 0. The van der Waals surface area contributed by atoms with Crippen molar-refractivity contribution in [3.05, 3.63) is 11.4 Å². The number of hydrogen-bond donors (Lipinski definition) is 1. The number of amides is 1. The van der Waals surface area contributed by atoms with Gasteiger partial charge in [0.2, 0.25) is 11.1 Å². The quantitative estimate of drug-likeness (QED) is 0.862. The minimum Gasteiger partial charge on any atom is -0.358 e. The zero-order valence-corrected chi connectivity index (χ0v) is 13.2. The molecule has 5 nitrogen and oxygen atoms in total. The van der Waals surface area contributed by atoms with Gasteiger partial charge in [0.05, 0.1) is 17.1 Å². The molecule has 1 amide bonds. The molecule has 0 spiro atoms. The standard InChI is InChI=1S/C14H20N4OS/c1-13(2)8-5-6-14(13,3)11-10(8)17-18-12(16-11)20-7-9(19)15-4/h8H,5-7H2,1-4H3,(H,15,19). The summed E-state index contributed by atoms with van der Waals surface area (Å²) < 4.78 is 0. The van der Waals surface area contributed by atoms with Crippen molar-refractivity contribution in [2.24, 2.45) is 5.41 Å². The Bertz CT molecular complexity index is 574. The van der Waals surface area contributed by atoms with Crippen LogP contribution in [0.1, 0.15) is 50.9 Å². The highest BCUT2D eigenvalue weighted by Crippen LogP contribution is 2.66. The highest BCUT2D eigenvalue weighted by atomic mass is 32.2. The number of nitrogens with zero attached hydrogens (tertiary/aromatic N) is 3. The lowest BCUT2D eigenvalue weighted by atomic mass is 9.70. The van der Waals surface area contributed by atoms with Gasteiger partial charge in [0.25, 0.3) is 0 Å². The summed E-state index contributed by atoms with van der Waals surface area (Å²) in [6.45, 7) is 6.91. The molecule has 2 aliphatic carbocycles. The maximum absolute atomic E-state index is 11.3. The van der Waals surface area contributed by atoms with E-state index < -0.39 is 0 Å². The summed E-state index contributed by atoms with van der Waals surface area (Å²) in [5.41, 5.74) is 2.47. The van der Waals surface area contributed by atoms with Crippen LogP contribution >= 0.6 is 11.8 Å². The van der Waals surface area contributed by atoms with Gasteiger partial charge in [-0.2, -0.15) is 5.10 Å².